The molecule has 0 aliphatic carbocycles. The number of hydrogen-bond donors (Lipinski definition) is 0. The van der Waals surface area contributed by atoms with Crippen LogP contribution in [0.4, 0.5) is 14.5 Å². The van der Waals surface area contributed by atoms with Gasteiger partial charge in [0.2, 0.25) is 0 Å². The molecular formula is C21H19F2N3O2. The average Bonchev–Trinajstić information content (AvgIpc) is 2.95. The van der Waals surface area contributed by atoms with Crippen molar-refractivity contribution in [3.8, 4) is 0 Å². The third-order valence-electron chi connectivity index (χ3n) is 5.09. The molecule has 4 rings (SSSR count). The van der Waals surface area contributed by atoms with E-state index in [1.807, 2.05) is 18.0 Å². The van der Waals surface area contributed by atoms with Crippen LogP contribution < -0.4 is 4.90 Å². The molecule has 0 aromatic heterocycles. The predicted octanol–water partition coefficient (Wildman–Crippen LogP) is 2.50. The molecule has 2 aliphatic rings. The van der Waals surface area contributed by atoms with Crippen LogP contribution in [0.2, 0.25) is 0 Å². The Morgan fingerprint density at radius 1 is 0.857 bits per heavy atom. The zero-order valence-electron chi connectivity index (χ0n) is 15.4. The van der Waals surface area contributed by atoms with E-state index in [4.69, 9.17) is 0 Å². The fourth-order valence-electron chi connectivity index (χ4n) is 3.58. The molecule has 0 saturated carbocycles. The summed E-state index contributed by atoms with van der Waals surface area (Å²) in [4.78, 5) is 31.2. The summed E-state index contributed by atoms with van der Waals surface area (Å²) in [5.41, 5.74) is 0.674. The smallest absolute Gasteiger partial charge is 0.282 e. The number of carbonyl (C=O) groups excluding carboxylic acids is 2. The molecule has 5 nitrogen and oxygen atoms in total. The third kappa shape index (κ3) is 3.07. The van der Waals surface area contributed by atoms with E-state index in [1.165, 1.54) is 0 Å². The molecule has 0 spiro atoms. The van der Waals surface area contributed by atoms with Crippen LogP contribution in [0.1, 0.15) is 5.56 Å². The molecule has 2 aromatic carbocycles. The van der Waals surface area contributed by atoms with Gasteiger partial charge in [-0.2, -0.15) is 0 Å². The monoisotopic (exact) mass is 383 g/mol. The molecule has 0 atom stereocenters. The molecule has 144 valence electrons. The van der Waals surface area contributed by atoms with Gasteiger partial charge in [-0.25, -0.2) is 13.7 Å². The van der Waals surface area contributed by atoms with E-state index >= 15 is 0 Å². The van der Waals surface area contributed by atoms with Crippen molar-refractivity contribution >= 4 is 23.1 Å². The van der Waals surface area contributed by atoms with Crippen molar-refractivity contribution < 1.29 is 18.4 Å². The number of piperazine rings is 1. The molecule has 2 amide bonds. The number of carbonyl (C=O) groups is 2. The van der Waals surface area contributed by atoms with Gasteiger partial charge >= 0.3 is 0 Å². The first kappa shape index (κ1) is 18.3. The summed E-state index contributed by atoms with van der Waals surface area (Å²) in [6.45, 7) is 2.62. The highest BCUT2D eigenvalue weighted by Gasteiger charge is 2.43. The number of nitrogens with zero attached hydrogens (tertiary/aromatic N) is 3. The number of rotatable bonds is 3. The van der Waals surface area contributed by atoms with E-state index in [9.17, 15) is 18.4 Å². The summed E-state index contributed by atoms with van der Waals surface area (Å²) in [5.74, 6) is -2.81. The number of amides is 2. The fraction of sp³-hybridized carbons (Fsp3) is 0.238. The standard InChI is InChI=1S/C21H19F2N3O2/c1-24-9-11-25(12-10-24)19-18(14-5-3-2-4-6-14)20(27)26(21(19)28)17-13-15(22)7-8-16(17)23/h2-8,13H,9-12H2,1H3. The van der Waals surface area contributed by atoms with Crippen LogP contribution in [-0.2, 0) is 9.59 Å². The first-order valence-corrected chi connectivity index (χ1v) is 9.04. The quantitative estimate of drug-likeness (QED) is 0.764. The second kappa shape index (κ2) is 7.16. The number of anilines is 1. The normalized spacial score (nSPS) is 18.4. The predicted molar refractivity (Wildman–Crippen MR) is 101 cm³/mol. The maximum Gasteiger partial charge on any atom is 0.282 e. The minimum atomic E-state index is -0.824. The number of imide groups is 1. The lowest BCUT2D eigenvalue weighted by Crippen LogP contribution is -2.46. The van der Waals surface area contributed by atoms with Gasteiger partial charge in [0.05, 0.1) is 11.3 Å². The molecule has 1 fully saturated rings. The molecule has 7 heteroatoms. The second-order valence-corrected chi connectivity index (χ2v) is 6.92. The zero-order valence-corrected chi connectivity index (χ0v) is 15.4. The van der Waals surface area contributed by atoms with Gasteiger partial charge < -0.3 is 9.80 Å². The van der Waals surface area contributed by atoms with E-state index in [2.05, 4.69) is 4.90 Å². The van der Waals surface area contributed by atoms with Crippen molar-refractivity contribution in [3.63, 3.8) is 0 Å². The zero-order chi connectivity index (χ0) is 19.8. The van der Waals surface area contributed by atoms with Gasteiger partial charge in [0, 0.05) is 32.2 Å². The van der Waals surface area contributed by atoms with Crippen molar-refractivity contribution in [1.29, 1.82) is 0 Å². The van der Waals surface area contributed by atoms with Crippen LogP contribution in [0.15, 0.2) is 54.2 Å². The summed E-state index contributed by atoms with van der Waals surface area (Å²) in [6.07, 6.45) is 0. The highest BCUT2D eigenvalue weighted by atomic mass is 19.1. The summed E-state index contributed by atoms with van der Waals surface area (Å²) in [5, 5.41) is 0. The van der Waals surface area contributed by atoms with Crippen molar-refractivity contribution in [1.82, 2.24) is 9.80 Å². The van der Waals surface area contributed by atoms with Crippen molar-refractivity contribution in [2.45, 2.75) is 0 Å². The SMILES string of the molecule is CN1CCN(C2=C(c3ccccc3)C(=O)N(c3cc(F)ccc3F)C2=O)CC1. The molecule has 28 heavy (non-hydrogen) atoms. The highest BCUT2D eigenvalue weighted by molar-refractivity contribution is 6.45. The van der Waals surface area contributed by atoms with Crippen molar-refractivity contribution in [2.24, 2.45) is 0 Å². The summed E-state index contributed by atoms with van der Waals surface area (Å²) < 4.78 is 28.1. The Morgan fingerprint density at radius 2 is 1.54 bits per heavy atom. The van der Waals surface area contributed by atoms with E-state index in [0.29, 0.717) is 18.7 Å². The molecule has 2 aromatic rings. The first-order valence-electron chi connectivity index (χ1n) is 9.04. The Bertz CT molecular complexity index is 967. The van der Waals surface area contributed by atoms with Gasteiger partial charge in [0.15, 0.2) is 0 Å². The molecule has 2 heterocycles. The maximum atomic E-state index is 14.4. The van der Waals surface area contributed by atoms with Crippen molar-refractivity contribution in [3.05, 3.63) is 71.4 Å². The van der Waals surface area contributed by atoms with Crippen LogP contribution in [0, 0.1) is 11.6 Å². The van der Waals surface area contributed by atoms with E-state index in [1.54, 1.807) is 24.3 Å². The molecule has 0 unspecified atom stereocenters. The fourth-order valence-corrected chi connectivity index (χ4v) is 3.58. The Morgan fingerprint density at radius 3 is 2.21 bits per heavy atom. The average molecular weight is 383 g/mol. The maximum absolute atomic E-state index is 14.4. The van der Waals surface area contributed by atoms with Crippen LogP contribution in [0.5, 0.6) is 0 Å². The van der Waals surface area contributed by atoms with Crippen LogP contribution in [0.3, 0.4) is 0 Å². The summed E-state index contributed by atoms with van der Waals surface area (Å²) in [7, 11) is 1.99. The summed E-state index contributed by atoms with van der Waals surface area (Å²) in [6, 6.07) is 11.6. The van der Waals surface area contributed by atoms with Gasteiger partial charge in [-0.15, -0.1) is 0 Å². The van der Waals surface area contributed by atoms with Crippen molar-refractivity contribution in [2.75, 3.05) is 38.1 Å². The molecule has 0 N–H and O–H groups in total. The van der Waals surface area contributed by atoms with Crippen LogP contribution in [-0.4, -0.2) is 54.8 Å². The van der Waals surface area contributed by atoms with Gasteiger partial charge in [-0.3, -0.25) is 9.59 Å². The van der Waals surface area contributed by atoms with Crippen LogP contribution in [0.25, 0.3) is 5.57 Å². The number of hydrogen-bond acceptors (Lipinski definition) is 4. The minimum absolute atomic E-state index is 0.221. The van der Waals surface area contributed by atoms with Gasteiger partial charge in [0.25, 0.3) is 11.8 Å². The highest BCUT2D eigenvalue weighted by Crippen LogP contribution is 2.36. The number of likely N-dealkylation sites (N-methyl/N-ethyl adjacent to an activating group) is 1. The lowest BCUT2D eigenvalue weighted by Gasteiger charge is -2.34. The number of halogens is 2. The molecule has 0 radical (unpaired) electrons. The first-order chi connectivity index (χ1) is 13.5. The lowest BCUT2D eigenvalue weighted by molar-refractivity contribution is -0.120. The number of benzene rings is 2. The van der Waals surface area contributed by atoms with E-state index in [-0.39, 0.29) is 17.0 Å². The molecule has 2 aliphatic heterocycles. The Hall–Kier alpha value is -3.06. The molecule has 1 saturated heterocycles. The van der Waals surface area contributed by atoms with Gasteiger partial charge in [-0.05, 0) is 24.7 Å². The lowest BCUT2D eigenvalue weighted by atomic mass is 10.0. The summed E-state index contributed by atoms with van der Waals surface area (Å²) >= 11 is 0. The largest absolute Gasteiger partial charge is 0.364 e. The second-order valence-electron chi connectivity index (χ2n) is 6.92. The van der Waals surface area contributed by atoms with Gasteiger partial charge in [-0.1, -0.05) is 30.3 Å². The van der Waals surface area contributed by atoms with Crippen LogP contribution >= 0.6 is 0 Å². The molecule has 0 bridgehead atoms. The Balaban J connectivity index is 1.83. The third-order valence-corrected chi connectivity index (χ3v) is 5.09. The van der Waals surface area contributed by atoms with E-state index in [0.717, 1.165) is 36.2 Å². The molecular weight excluding hydrogens is 364 g/mol. The topological polar surface area (TPSA) is 43.9 Å². The minimum Gasteiger partial charge on any atom is -0.364 e. The Labute approximate surface area is 161 Å². The Kier molecular flexibility index (Phi) is 4.68. The van der Waals surface area contributed by atoms with E-state index < -0.39 is 23.4 Å². The van der Waals surface area contributed by atoms with Gasteiger partial charge in [0.1, 0.15) is 17.3 Å².